The number of hydrogen-bond donors (Lipinski definition) is 1. The van der Waals surface area contributed by atoms with Crippen LogP contribution >= 0.6 is 35.4 Å². The van der Waals surface area contributed by atoms with Gasteiger partial charge in [0.05, 0.1) is 10.7 Å². The van der Waals surface area contributed by atoms with Crippen molar-refractivity contribution < 1.29 is 18.7 Å². The molecule has 1 aliphatic heterocycles. The van der Waals surface area contributed by atoms with E-state index in [0.717, 1.165) is 0 Å². The number of thiocarbonyl (C=S) groups is 1. The number of anilines is 1. The first-order valence-electron chi connectivity index (χ1n) is 9.67. The highest BCUT2D eigenvalue weighted by Gasteiger charge is 2.34. The third kappa shape index (κ3) is 4.90. The molecule has 0 bridgehead atoms. The van der Waals surface area contributed by atoms with Gasteiger partial charge in [0, 0.05) is 16.1 Å². The van der Waals surface area contributed by atoms with Crippen molar-refractivity contribution in [2.45, 2.75) is 6.61 Å². The number of para-hydroxylation sites is 1. The summed E-state index contributed by atoms with van der Waals surface area (Å²) in [5, 5.41) is 3.22. The SMILES string of the molecule is O=C1NC(=S)N(c2ccc(Cl)cc2)C(=O)C1=Cc1ccccc1OCc1c(F)cccc1Cl. The molecule has 0 unspecified atom stereocenters. The number of ether oxygens (including phenoxy) is 1. The molecular formula is C24H15Cl2FN2O3S. The van der Waals surface area contributed by atoms with E-state index in [2.05, 4.69) is 5.32 Å². The van der Waals surface area contributed by atoms with Crippen LogP contribution in [0, 0.1) is 5.82 Å². The minimum absolute atomic E-state index is 0.0387. The highest BCUT2D eigenvalue weighted by atomic mass is 35.5. The van der Waals surface area contributed by atoms with Crippen LogP contribution in [-0.2, 0) is 16.2 Å². The van der Waals surface area contributed by atoms with E-state index in [1.807, 2.05) is 0 Å². The van der Waals surface area contributed by atoms with Crippen molar-refractivity contribution in [2.75, 3.05) is 4.90 Å². The number of nitrogens with one attached hydrogen (secondary N) is 1. The molecule has 3 aromatic rings. The summed E-state index contributed by atoms with van der Waals surface area (Å²) in [6.07, 6.45) is 1.40. The Morgan fingerprint density at radius 2 is 1.73 bits per heavy atom. The third-order valence-electron chi connectivity index (χ3n) is 4.84. The number of nitrogens with zero attached hydrogens (tertiary/aromatic N) is 1. The van der Waals surface area contributed by atoms with Gasteiger partial charge in [0.1, 0.15) is 23.7 Å². The molecule has 5 nitrogen and oxygen atoms in total. The van der Waals surface area contributed by atoms with Crippen LogP contribution in [0.15, 0.2) is 72.3 Å². The van der Waals surface area contributed by atoms with Gasteiger partial charge >= 0.3 is 0 Å². The second-order valence-electron chi connectivity index (χ2n) is 6.96. The summed E-state index contributed by atoms with van der Waals surface area (Å²) in [7, 11) is 0. The molecule has 0 atom stereocenters. The van der Waals surface area contributed by atoms with Crippen molar-refractivity contribution in [1.29, 1.82) is 0 Å². The van der Waals surface area contributed by atoms with E-state index < -0.39 is 17.6 Å². The molecule has 0 saturated carbocycles. The number of benzene rings is 3. The molecule has 1 N–H and O–H groups in total. The fraction of sp³-hybridized carbons (Fsp3) is 0.0417. The van der Waals surface area contributed by atoms with E-state index in [0.29, 0.717) is 22.0 Å². The standard InChI is InChI=1S/C24H15Cl2FN2O3S/c25-15-8-10-16(11-9-15)29-23(31)17(22(30)28-24(29)33)12-14-4-1-2-7-21(14)32-13-18-19(26)5-3-6-20(18)27/h1-12H,13H2,(H,28,30,33). The number of amides is 2. The molecule has 3 aromatic carbocycles. The maximum Gasteiger partial charge on any atom is 0.270 e. The molecular weight excluding hydrogens is 486 g/mol. The lowest BCUT2D eigenvalue weighted by Crippen LogP contribution is -2.54. The lowest BCUT2D eigenvalue weighted by Gasteiger charge is -2.29. The van der Waals surface area contributed by atoms with Gasteiger partial charge in [-0.2, -0.15) is 0 Å². The van der Waals surface area contributed by atoms with Gasteiger partial charge in [-0.1, -0.05) is 47.5 Å². The smallest absolute Gasteiger partial charge is 0.270 e. The molecule has 0 aromatic heterocycles. The first-order valence-corrected chi connectivity index (χ1v) is 10.8. The van der Waals surface area contributed by atoms with Crippen LogP contribution in [0.2, 0.25) is 10.0 Å². The third-order valence-corrected chi connectivity index (χ3v) is 5.73. The Morgan fingerprint density at radius 1 is 1.00 bits per heavy atom. The monoisotopic (exact) mass is 500 g/mol. The van der Waals surface area contributed by atoms with E-state index in [9.17, 15) is 14.0 Å². The first-order chi connectivity index (χ1) is 15.8. The van der Waals surface area contributed by atoms with E-state index >= 15 is 0 Å². The van der Waals surface area contributed by atoms with Crippen molar-refractivity contribution in [1.82, 2.24) is 5.32 Å². The van der Waals surface area contributed by atoms with Gasteiger partial charge in [0.2, 0.25) is 0 Å². The molecule has 166 valence electrons. The van der Waals surface area contributed by atoms with Crippen molar-refractivity contribution in [2.24, 2.45) is 0 Å². The van der Waals surface area contributed by atoms with Gasteiger partial charge in [-0.25, -0.2) is 4.39 Å². The van der Waals surface area contributed by atoms with Crippen LogP contribution < -0.4 is 15.0 Å². The van der Waals surface area contributed by atoms with E-state index in [1.54, 1.807) is 54.6 Å². The minimum atomic E-state index is -0.637. The highest BCUT2D eigenvalue weighted by Crippen LogP contribution is 2.28. The second kappa shape index (κ2) is 9.70. The predicted octanol–water partition coefficient (Wildman–Crippen LogP) is 5.54. The fourth-order valence-electron chi connectivity index (χ4n) is 3.19. The molecule has 1 saturated heterocycles. The number of carbonyl (C=O) groups excluding carboxylic acids is 2. The van der Waals surface area contributed by atoms with Crippen molar-refractivity contribution in [3.05, 3.63) is 99.3 Å². The zero-order chi connectivity index (χ0) is 23.5. The maximum absolute atomic E-state index is 14.1. The molecule has 33 heavy (non-hydrogen) atoms. The maximum atomic E-state index is 14.1. The topological polar surface area (TPSA) is 58.6 Å². The van der Waals surface area contributed by atoms with Crippen LogP contribution in [0.5, 0.6) is 5.75 Å². The summed E-state index contributed by atoms with van der Waals surface area (Å²) in [6, 6.07) is 17.6. The van der Waals surface area contributed by atoms with Gasteiger partial charge < -0.3 is 4.74 Å². The minimum Gasteiger partial charge on any atom is -0.488 e. The molecule has 1 heterocycles. The predicted molar refractivity (Wildman–Crippen MR) is 130 cm³/mol. The number of halogens is 3. The largest absolute Gasteiger partial charge is 0.488 e. The Kier molecular flexibility index (Phi) is 6.74. The molecule has 9 heteroatoms. The van der Waals surface area contributed by atoms with Crippen molar-refractivity contribution in [3.8, 4) is 5.75 Å². The van der Waals surface area contributed by atoms with Gasteiger partial charge in [-0.05, 0) is 60.8 Å². The van der Waals surface area contributed by atoms with E-state index in [1.165, 1.54) is 23.1 Å². The summed E-state index contributed by atoms with van der Waals surface area (Å²) in [4.78, 5) is 27.0. The van der Waals surface area contributed by atoms with Gasteiger partial charge in [0.25, 0.3) is 11.8 Å². The molecule has 1 fully saturated rings. The molecule has 0 radical (unpaired) electrons. The Hall–Kier alpha value is -3.26. The van der Waals surface area contributed by atoms with Gasteiger partial charge in [-0.3, -0.25) is 19.8 Å². The Bertz CT molecular complexity index is 1270. The zero-order valence-corrected chi connectivity index (χ0v) is 19.2. The lowest BCUT2D eigenvalue weighted by atomic mass is 10.1. The summed E-state index contributed by atoms with van der Waals surface area (Å²) in [5.74, 6) is -1.39. The van der Waals surface area contributed by atoms with Crippen molar-refractivity contribution >= 4 is 64.1 Å². The molecule has 0 spiro atoms. The van der Waals surface area contributed by atoms with Crippen LogP contribution in [0.1, 0.15) is 11.1 Å². The molecule has 0 aliphatic carbocycles. The zero-order valence-electron chi connectivity index (χ0n) is 16.8. The van der Waals surface area contributed by atoms with Crippen LogP contribution in [-0.4, -0.2) is 16.9 Å². The molecule has 4 rings (SSSR count). The number of carbonyl (C=O) groups is 2. The van der Waals surface area contributed by atoms with Crippen LogP contribution in [0.25, 0.3) is 6.08 Å². The molecule has 2 amide bonds. The van der Waals surface area contributed by atoms with Crippen LogP contribution in [0.3, 0.4) is 0 Å². The number of hydrogen-bond acceptors (Lipinski definition) is 4. The average Bonchev–Trinajstić information content (AvgIpc) is 2.78. The second-order valence-corrected chi connectivity index (χ2v) is 8.19. The molecule has 1 aliphatic rings. The summed E-state index contributed by atoms with van der Waals surface area (Å²) in [5.41, 5.74) is 0.970. The van der Waals surface area contributed by atoms with Gasteiger partial charge in [-0.15, -0.1) is 0 Å². The van der Waals surface area contributed by atoms with E-state index in [-0.39, 0.29) is 27.9 Å². The van der Waals surface area contributed by atoms with E-state index in [4.69, 9.17) is 40.2 Å². The first kappa shape index (κ1) is 22.9. The average molecular weight is 501 g/mol. The quantitative estimate of drug-likeness (QED) is 0.283. The summed E-state index contributed by atoms with van der Waals surface area (Å²) >= 11 is 17.2. The van der Waals surface area contributed by atoms with Crippen molar-refractivity contribution in [3.63, 3.8) is 0 Å². The summed E-state index contributed by atoms with van der Waals surface area (Å²) in [6.45, 7) is -0.132. The summed E-state index contributed by atoms with van der Waals surface area (Å²) < 4.78 is 19.9. The number of rotatable bonds is 5. The van der Waals surface area contributed by atoms with Gasteiger partial charge in [0.15, 0.2) is 5.11 Å². The highest BCUT2D eigenvalue weighted by molar-refractivity contribution is 7.80. The Morgan fingerprint density at radius 3 is 2.45 bits per heavy atom. The lowest BCUT2D eigenvalue weighted by molar-refractivity contribution is -0.122. The Labute approximate surface area is 204 Å². The fourth-order valence-corrected chi connectivity index (χ4v) is 3.81. The van der Waals surface area contributed by atoms with Crippen LogP contribution in [0.4, 0.5) is 10.1 Å². The normalized spacial score (nSPS) is 15.1. The Balaban J connectivity index is 1.65.